The quantitative estimate of drug-likeness (QED) is 0.782. The van der Waals surface area contributed by atoms with E-state index in [0.29, 0.717) is 25.2 Å². The van der Waals surface area contributed by atoms with Gasteiger partial charge < -0.3 is 9.47 Å². The maximum Gasteiger partial charge on any atom is 0.306 e. The van der Waals surface area contributed by atoms with Crippen LogP contribution >= 0.6 is 0 Å². The molecule has 0 saturated heterocycles. The second kappa shape index (κ2) is 7.25. The molecule has 0 spiro atoms. The first kappa shape index (κ1) is 15.5. The Balaban J connectivity index is 2.26. The van der Waals surface area contributed by atoms with Crippen molar-refractivity contribution >= 4 is 11.8 Å². The number of rotatable bonds is 5. The fourth-order valence-electron chi connectivity index (χ4n) is 3.13. The molecule has 2 atom stereocenters. The molecule has 4 heteroatoms. The van der Waals surface area contributed by atoms with Crippen molar-refractivity contribution in [2.45, 2.75) is 38.5 Å². The summed E-state index contributed by atoms with van der Waals surface area (Å²) in [6.07, 6.45) is 2.58. The molecule has 0 N–H and O–H groups in total. The molecule has 2 rings (SSSR count). The molecule has 1 aliphatic carbocycles. The Hall–Kier alpha value is -1.84. The van der Waals surface area contributed by atoms with E-state index < -0.39 is 0 Å². The summed E-state index contributed by atoms with van der Waals surface area (Å²) in [7, 11) is 1.60. The molecule has 1 aliphatic rings. The highest BCUT2D eigenvalue weighted by atomic mass is 16.5. The molecular weight excluding hydrogens is 268 g/mol. The summed E-state index contributed by atoms with van der Waals surface area (Å²) in [6, 6.07) is 7.57. The van der Waals surface area contributed by atoms with Gasteiger partial charge in [-0.15, -0.1) is 0 Å². The van der Waals surface area contributed by atoms with Gasteiger partial charge in [0.2, 0.25) is 0 Å². The summed E-state index contributed by atoms with van der Waals surface area (Å²) in [4.78, 5) is 24.2. The summed E-state index contributed by atoms with van der Waals surface area (Å²) in [5.41, 5.74) is 0.888. The van der Waals surface area contributed by atoms with Crippen LogP contribution in [-0.4, -0.2) is 25.5 Å². The normalized spacial score (nSPS) is 21.9. The molecule has 0 aliphatic heterocycles. The number of hydrogen-bond donors (Lipinski definition) is 0. The summed E-state index contributed by atoms with van der Waals surface area (Å²) in [6.45, 7) is 2.17. The Bertz CT molecular complexity index is 509. The minimum atomic E-state index is -0.265. The molecule has 1 saturated carbocycles. The fourth-order valence-corrected chi connectivity index (χ4v) is 3.13. The number of carbonyl (C=O) groups is 2. The number of benzene rings is 1. The predicted octanol–water partition coefficient (Wildman–Crippen LogP) is 3.10. The van der Waals surface area contributed by atoms with Gasteiger partial charge in [-0.2, -0.15) is 0 Å². The van der Waals surface area contributed by atoms with Crippen molar-refractivity contribution in [2.24, 2.45) is 5.92 Å². The molecule has 0 unspecified atom stereocenters. The monoisotopic (exact) mass is 290 g/mol. The van der Waals surface area contributed by atoms with Gasteiger partial charge in [-0.05, 0) is 31.7 Å². The van der Waals surface area contributed by atoms with Gasteiger partial charge in [0.05, 0.1) is 13.7 Å². The van der Waals surface area contributed by atoms with Crippen LogP contribution in [0.2, 0.25) is 0 Å². The van der Waals surface area contributed by atoms with Crippen molar-refractivity contribution in [1.82, 2.24) is 0 Å². The van der Waals surface area contributed by atoms with E-state index in [1.54, 1.807) is 14.0 Å². The van der Waals surface area contributed by atoms with Crippen molar-refractivity contribution in [2.75, 3.05) is 13.7 Å². The van der Waals surface area contributed by atoms with E-state index in [-0.39, 0.29) is 23.6 Å². The first-order chi connectivity index (χ1) is 10.2. The number of para-hydroxylation sites is 1. The maximum atomic E-state index is 12.4. The summed E-state index contributed by atoms with van der Waals surface area (Å²) in [5, 5.41) is 0. The van der Waals surface area contributed by atoms with Crippen molar-refractivity contribution < 1.29 is 19.1 Å². The number of ether oxygens (including phenoxy) is 2. The Morgan fingerprint density at radius 3 is 2.81 bits per heavy atom. The third kappa shape index (κ3) is 3.63. The summed E-state index contributed by atoms with van der Waals surface area (Å²) in [5.74, 6) is 0.421. The Kier molecular flexibility index (Phi) is 5.37. The van der Waals surface area contributed by atoms with E-state index in [1.807, 2.05) is 24.3 Å². The van der Waals surface area contributed by atoms with Gasteiger partial charge >= 0.3 is 5.97 Å². The zero-order chi connectivity index (χ0) is 15.2. The molecule has 21 heavy (non-hydrogen) atoms. The van der Waals surface area contributed by atoms with Crippen molar-refractivity contribution in [1.29, 1.82) is 0 Å². The van der Waals surface area contributed by atoms with Gasteiger partial charge in [-0.3, -0.25) is 9.59 Å². The molecule has 1 aromatic rings. The minimum Gasteiger partial charge on any atom is -0.496 e. The maximum absolute atomic E-state index is 12.4. The molecule has 0 amide bonds. The highest BCUT2D eigenvalue weighted by Gasteiger charge is 2.36. The first-order valence-electron chi connectivity index (χ1n) is 7.48. The highest BCUT2D eigenvalue weighted by molar-refractivity contribution is 5.88. The van der Waals surface area contributed by atoms with Crippen LogP contribution in [0.1, 0.15) is 44.1 Å². The lowest BCUT2D eigenvalue weighted by Gasteiger charge is -2.31. The number of hydrogen-bond acceptors (Lipinski definition) is 4. The van der Waals surface area contributed by atoms with E-state index in [0.717, 1.165) is 18.4 Å². The second-order valence-electron chi connectivity index (χ2n) is 5.35. The van der Waals surface area contributed by atoms with Crippen LogP contribution in [0.5, 0.6) is 5.75 Å². The summed E-state index contributed by atoms with van der Waals surface area (Å²) < 4.78 is 10.4. The average molecular weight is 290 g/mol. The van der Waals surface area contributed by atoms with Crippen LogP contribution in [-0.2, 0) is 14.3 Å². The predicted molar refractivity (Wildman–Crippen MR) is 79.3 cm³/mol. The van der Waals surface area contributed by atoms with Gasteiger partial charge in [0, 0.05) is 24.3 Å². The number of ketones is 1. The third-order valence-corrected chi connectivity index (χ3v) is 4.02. The molecule has 0 aromatic heterocycles. The third-order valence-electron chi connectivity index (χ3n) is 4.02. The molecule has 1 aromatic carbocycles. The topological polar surface area (TPSA) is 52.6 Å². The van der Waals surface area contributed by atoms with Crippen LogP contribution in [0, 0.1) is 5.92 Å². The average Bonchev–Trinajstić information content (AvgIpc) is 2.48. The first-order valence-corrected chi connectivity index (χ1v) is 7.48. The van der Waals surface area contributed by atoms with Gasteiger partial charge in [-0.25, -0.2) is 0 Å². The molecule has 0 heterocycles. The Labute approximate surface area is 125 Å². The Morgan fingerprint density at radius 2 is 2.10 bits per heavy atom. The molecule has 0 radical (unpaired) electrons. The van der Waals surface area contributed by atoms with E-state index >= 15 is 0 Å². The lowest BCUT2D eigenvalue weighted by atomic mass is 9.73. The Morgan fingerprint density at radius 1 is 1.33 bits per heavy atom. The van der Waals surface area contributed by atoms with Crippen LogP contribution in [0.4, 0.5) is 0 Å². The number of carbonyl (C=O) groups excluding carboxylic acids is 2. The molecule has 114 valence electrons. The lowest BCUT2D eigenvalue weighted by Crippen LogP contribution is -2.29. The highest BCUT2D eigenvalue weighted by Crippen LogP contribution is 2.41. The molecule has 4 nitrogen and oxygen atoms in total. The van der Waals surface area contributed by atoms with E-state index in [9.17, 15) is 9.59 Å². The van der Waals surface area contributed by atoms with Crippen molar-refractivity contribution in [3.05, 3.63) is 29.8 Å². The number of methoxy groups -OCH3 is 1. The minimum absolute atomic E-state index is 0.00148. The number of esters is 1. The standard InChI is InChI=1S/C17H22O4/c1-3-21-16(19)11-12-7-6-9-14(18)17(12)13-8-4-5-10-15(13)20-2/h4-5,8,10,12,17H,3,6-7,9,11H2,1-2H3/t12-,17+/m1/s1. The van der Waals surface area contributed by atoms with E-state index in [4.69, 9.17) is 9.47 Å². The zero-order valence-corrected chi connectivity index (χ0v) is 12.6. The lowest BCUT2D eigenvalue weighted by molar-refractivity contribution is -0.145. The van der Waals surface area contributed by atoms with Gasteiger partial charge in [0.1, 0.15) is 11.5 Å². The van der Waals surface area contributed by atoms with Crippen molar-refractivity contribution in [3.8, 4) is 5.75 Å². The number of Topliss-reactive ketones (excluding diaryl/α,β-unsaturated/α-hetero) is 1. The van der Waals surface area contributed by atoms with Crippen LogP contribution in [0.15, 0.2) is 24.3 Å². The van der Waals surface area contributed by atoms with Gasteiger partial charge in [0.15, 0.2) is 0 Å². The van der Waals surface area contributed by atoms with Gasteiger partial charge in [-0.1, -0.05) is 18.2 Å². The van der Waals surface area contributed by atoms with Crippen LogP contribution in [0.25, 0.3) is 0 Å². The van der Waals surface area contributed by atoms with E-state index in [1.165, 1.54) is 0 Å². The molecule has 1 fully saturated rings. The summed E-state index contributed by atoms with van der Waals surface area (Å²) >= 11 is 0. The van der Waals surface area contributed by atoms with Crippen molar-refractivity contribution in [3.63, 3.8) is 0 Å². The largest absolute Gasteiger partial charge is 0.496 e. The molecule has 0 bridgehead atoms. The second-order valence-corrected chi connectivity index (χ2v) is 5.35. The van der Waals surface area contributed by atoms with Crippen LogP contribution in [0.3, 0.4) is 0 Å². The van der Waals surface area contributed by atoms with Gasteiger partial charge in [0.25, 0.3) is 0 Å². The molecular formula is C17H22O4. The smallest absolute Gasteiger partial charge is 0.306 e. The fraction of sp³-hybridized carbons (Fsp3) is 0.529. The zero-order valence-electron chi connectivity index (χ0n) is 12.6. The van der Waals surface area contributed by atoms with E-state index in [2.05, 4.69) is 0 Å². The SMILES string of the molecule is CCOC(=O)C[C@H]1CCCC(=O)[C@@H]1c1ccccc1OC. The van der Waals surface area contributed by atoms with Crippen LogP contribution < -0.4 is 4.74 Å².